The fraction of sp³-hybridized carbons (Fsp3) is 0.234. The number of benzene rings is 5. The molecule has 0 bridgehead atoms. The molecule has 2 nitrogen and oxygen atoms in total. The summed E-state index contributed by atoms with van der Waals surface area (Å²) in [4.78, 5) is 2.67. The first-order chi connectivity index (χ1) is 24.1. The Labute approximate surface area is 294 Å². The molecule has 0 radical (unpaired) electrons. The molecule has 6 aliphatic rings. The van der Waals surface area contributed by atoms with E-state index in [1.54, 1.807) is 5.57 Å². The predicted octanol–water partition coefficient (Wildman–Crippen LogP) is 10.4. The van der Waals surface area contributed by atoms with E-state index >= 15 is 0 Å². The Morgan fingerprint density at radius 2 is 1.38 bits per heavy atom. The predicted molar refractivity (Wildman–Crippen MR) is 210 cm³/mol. The molecule has 0 atom stereocenters. The highest BCUT2D eigenvalue weighted by atomic mass is 15.2. The van der Waals surface area contributed by atoms with Crippen molar-refractivity contribution in [2.45, 2.75) is 70.6 Å². The second-order valence-electron chi connectivity index (χ2n) is 17.2. The standard InChI is InChI=1S/C47H39BN2/c1-45(2)33-21-11-12-24-36(33)49-37-25-30-26-15-7-9-19-31(26)46(3,4)40(30)39-29-18-13-17-28-38-27-16-8-10-20-32(27)47(5,6)44(38)50(42(28)29)48(41(37)39)35-23-14-22-34(45)43(35)49/h7,9-15,17-25H,8,16H2,1-6H3. The Balaban J connectivity index is 1.32. The third kappa shape index (κ3) is 2.82. The second-order valence-corrected chi connectivity index (χ2v) is 17.2. The molecule has 3 aliphatic heterocycles. The highest BCUT2D eigenvalue weighted by Gasteiger charge is 2.53. The number of para-hydroxylation sites is 3. The number of fused-ring (bicyclic) bond motifs is 14. The van der Waals surface area contributed by atoms with Gasteiger partial charge in [0.05, 0.1) is 5.69 Å². The maximum absolute atomic E-state index is 2.85. The summed E-state index contributed by atoms with van der Waals surface area (Å²) in [5.41, 5.74) is 25.5. The van der Waals surface area contributed by atoms with E-state index in [4.69, 9.17) is 0 Å². The van der Waals surface area contributed by atoms with E-state index in [2.05, 4.69) is 154 Å². The van der Waals surface area contributed by atoms with Crippen molar-refractivity contribution in [3.05, 3.63) is 142 Å². The van der Waals surface area contributed by atoms with Crippen molar-refractivity contribution in [2.75, 3.05) is 4.90 Å². The van der Waals surface area contributed by atoms with Crippen LogP contribution in [0, 0.1) is 0 Å². The Morgan fingerprint density at radius 1 is 0.640 bits per heavy atom. The molecule has 0 saturated carbocycles. The molecular weight excluding hydrogens is 603 g/mol. The van der Waals surface area contributed by atoms with Gasteiger partial charge in [0.15, 0.2) is 0 Å². The van der Waals surface area contributed by atoms with Gasteiger partial charge in [-0.05, 0) is 86.0 Å². The summed E-state index contributed by atoms with van der Waals surface area (Å²) >= 11 is 0. The van der Waals surface area contributed by atoms with Crippen LogP contribution in [0.3, 0.4) is 0 Å². The lowest BCUT2D eigenvalue weighted by Gasteiger charge is -2.49. The molecule has 0 spiro atoms. The number of allylic oxidation sites excluding steroid dienone is 4. The van der Waals surface area contributed by atoms with Gasteiger partial charge in [0, 0.05) is 55.3 Å². The molecule has 0 N–H and O–H groups in total. The van der Waals surface area contributed by atoms with Crippen LogP contribution in [0.15, 0.2) is 109 Å². The third-order valence-electron chi connectivity index (χ3n) is 13.7. The summed E-state index contributed by atoms with van der Waals surface area (Å²) in [6.45, 7) is 14.8. The van der Waals surface area contributed by atoms with E-state index in [9.17, 15) is 0 Å². The molecule has 240 valence electrons. The van der Waals surface area contributed by atoms with E-state index in [1.165, 1.54) is 100 Å². The molecule has 0 fully saturated rings. The van der Waals surface area contributed by atoms with E-state index < -0.39 is 0 Å². The fourth-order valence-electron chi connectivity index (χ4n) is 11.7. The van der Waals surface area contributed by atoms with E-state index in [-0.39, 0.29) is 23.1 Å². The molecule has 6 aromatic rings. The van der Waals surface area contributed by atoms with Gasteiger partial charge in [-0.25, -0.2) is 0 Å². The van der Waals surface area contributed by atoms with Crippen LogP contribution in [0.5, 0.6) is 0 Å². The number of nitrogens with zero attached hydrogens (tertiary/aromatic N) is 2. The molecule has 5 aromatic carbocycles. The zero-order valence-corrected chi connectivity index (χ0v) is 29.7. The lowest BCUT2D eigenvalue weighted by molar-refractivity contribution is 0.623. The molecular formula is C47H39BN2. The Morgan fingerprint density at radius 3 is 2.24 bits per heavy atom. The summed E-state index contributed by atoms with van der Waals surface area (Å²) < 4.78 is 2.85. The number of rotatable bonds is 0. The van der Waals surface area contributed by atoms with Crippen molar-refractivity contribution in [3.63, 3.8) is 0 Å². The average Bonchev–Trinajstić information content (AvgIpc) is 3.68. The normalized spacial score (nSPS) is 19.5. The lowest BCUT2D eigenvalue weighted by Crippen LogP contribution is -2.59. The molecule has 4 heterocycles. The first kappa shape index (κ1) is 27.8. The summed E-state index contributed by atoms with van der Waals surface area (Å²) in [7, 11) is 0. The van der Waals surface area contributed by atoms with Crippen molar-refractivity contribution in [2.24, 2.45) is 0 Å². The maximum Gasteiger partial charge on any atom is 0.332 e. The smallest absolute Gasteiger partial charge is 0.332 e. The van der Waals surface area contributed by atoms with Crippen molar-refractivity contribution < 1.29 is 0 Å². The van der Waals surface area contributed by atoms with Crippen LogP contribution in [0.2, 0.25) is 0 Å². The Hall–Kier alpha value is -5.02. The molecule has 0 amide bonds. The minimum Gasteiger partial charge on any atom is -0.378 e. The van der Waals surface area contributed by atoms with Crippen molar-refractivity contribution in [1.82, 2.24) is 4.48 Å². The molecule has 0 unspecified atom stereocenters. The van der Waals surface area contributed by atoms with Gasteiger partial charge < -0.3 is 9.38 Å². The van der Waals surface area contributed by atoms with Gasteiger partial charge in [-0.15, -0.1) is 0 Å². The molecule has 3 heteroatoms. The van der Waals surface area contributed by atoms with Gasteiger partial charge >= 0.3 is 6.85 Å². The Bertz CT molecular complexity index is 2690. The number of hydrogen-bond donors (Lipinski definition) is 0. The highest BCUT2D eigenvalue weighted by Crippen LogP contribution is 2.61. The van der Waals surface area contributed by atoms with E-state index in [0.29, 0.717) is 0 Å². The molecule has 0 saturated heterocycles. The maximum atomic E-state index is 2.85. The lowest BCUT2D eigenvalue weighted by atomic mass is 9.43. The van der Waals surface area contributed by atoms with Gasteiger partial charge in [-0.3, -0.25) is 0 Å². The van der Waals surface area contributed by atoms with Crippen LogP contribution in [-0.2, 0) is 16.2 Å². The quantitative estimate of drug-likeness (QED) is 0.150. The van der Waals surface area contributed by atoms with Crippen LogP contribution in [0.4, 0.5) is 17.1 Å². The third-order valence-corrected chi connectivity index (χ3v) is 13.7. The van der Waals surface area contributed by atoms with Crippen molar-refractivity contribution in [1.29, 1.82) is 0 Å². The summed E-state index contributed by atoms with van der Waals surface area (Å²) in [5.74, 6) is 0. The largest absolute Gasteiger partial charge is 0.378 e. The van der Waals surface area contributed by atoms with Crippen LogP contribution < -0.4 is 15.8 Å². The topological polar surface area (TPSA) is 8.17 Å². The highest BCUT2D eigenvalue weighted by molar-refractivity contribution is 6.89. The molecule has 3 aliphatic carbocycles. The summed E-state index contributed by atoms with van der Waals surface area (Å²) in [5, 5.41) is 1.43. The van der Waals surface area contributed by atoms with Crippen molar-refractivity contribution in [3.8, 4) is 22.3 Å². The van der Waals surface area contributed by atoms with Crippen LogP contribution in [-0.4, -0.2) is 11.3 Å². The molecule has 1 aromatic heterocycles. The number of aromatic nitrogens is 1. The number of hydrogen-bond acceptors (Lipinski definition) is 1. The zero-order valence-electron chi connectivity index (χ0n) is 29.7. The Kier molecular flexibility index (Phi) is 4.70. The van der Waals surface area contributed by atoms with E-state index in [1.807, 2.05) is 0 Å². The molecule has 50 heavy (non-hydrogen) atoms. The van der Waals surface area contributed by atoms with Gasteiger partial charge in [0.25, 0.3) is 0 Å². The first-order valence-electron chi connectivity index (χ1n) is 18.6. The van der Waals surface area contributed by atoms with Gasteiger partial charge in [-0.2, -0.15) is 0 Å². The minimum atomic E-state index is -0.131. The number of anilines is 3. The minimum absolute atomic E-state index is 0.0721. The van der Waals surface area contributed by atoms with Gasteiger partial charge in [0.2, 0.25) is 0 Å². The summed E-state index contributed by atoms with van der Waals surface area (Å²) in [6.07, 6.45) is 7.08. The molecule has 12 rings (SSSR count). The van der Waals surface area contributed by atoms with Crippen molar-refractivity contribution >= 4 is 51.3 Å². The average molecular weight is 643 g/mol. The van der Waals surface area contributed by atoms with Crippen LogP contribution in [0.1, 0.15) is 87.9 Å². The first-order valence-corrected chi connectivity index (χ1v) is 18.6. The van der Waals surface area contributed by atoms with Gasteiger partial charge in [-0.1, -0.05) is 133 Å². The van der Waals surface area contributed by atoms with Crippen LogP contribution >= 0.6 is 0 Å². The van der Waals surface area contributed by atoms with E-state index in [0.717, 1.165) is 12.8 Å². The van der Waals surface area contributed by atoms with Crippen LogP contribution in [0.25, 0.3) is 38.7 Å². The monoisotopic (exact) mass is 642 g/mol. The fourth-order valence-corrected chi connectivity index (χ4v) is 11.7. The SMILES string of the molecule is CC1(C)C2=C(CCC=C2)c2c1n1c3c(cccc23)-c2c3c(cc4c2C(C)(C)c2ccccc2-4)N2c4ccccc4C(C)(C)c4cccc(c42)B31. The summed E-state index contributed by atoms with van der Waals surface area (Å²) in [6, 6.07) is 35.4. The zero-order chi connectivity index (χ0) is 33.6. The second kappa shape index (κ2) is 8.46. The van der Waals surface area contributed by atoms with Gasteiger partial charge in [0.1, 0.15) is 0 Å².